The first-order chi connectivity index (χ1) is 15.5. The van der Waals surface area contributed by atoms with Crippen molar-refractivity contribution in [3.05, 3.63) is 99.5 Å². The van der Waals surface area contributed by atoms with Gasteiger partial charge >= 0.3 is 0 Å². The molecule has 2 heterocycles. The quantitative estimate of drug-likeness (QED) is 0.531. The number of piperidine rings is 1. The van der Waals surface area contributed by atoms with E-state index < -0.39 is 5.54 Å². The number of halogens is 2. The Morgan fingerprint density at radius 1 is 0.906 bits per heavy atom. The van der Waals surface area contributed by atoms with E-state index in [0.717, 1.165) is 30.8 Å². The van der Waals surface area contributed by atoms with Crippen LogP contribution >= 0.6 is 23.2 Å². The van der Waals surface area contributed by atoms with Crippen molar-refractivity contribution in [1.82, 2.24) is 4.90 Å². The van der Waals surface area contributed by atoms with Crippen LogP contribution in [0.2, 0.25) is 10.0 Å². The van der Waals surface area contributed by atoms with Gasteiger partial charge in [0.05, 0.1) is 11.4 Å². The maximum Gasteiger partial charge on any atom is 0.252 e. The number of rotatable bonds is 3. The molecule has 1 saturated heterocycles. The van der Waals surface area contributed by atoms with Crippen molar-refractivity contribution in [3.8, 4) is 0 Å². The summed E-state index contributed by atoms with van der Waals surface area (Å²) in [4.78, 5) is 21.0. The van der Waals surface area contributed by atoms with Gasteiger partial charge in [-0.25, -0.2) is 0 Å². The number of hydrogen-bond donors (Lipinski definition) is 1. The SMILES string of the molecule is O=C1Nc2ccc(Cl)cc2C(c2ccccc2Cl)=NC12CCN(Cc1ccccc1)CC2. The van der Waals surface area contributed by atoms with Crippen LogP contribution < -0.4 is 5.32 Å². The first kappa shape index (κ1) is 21.2. The molecule has 2 aliphatic rings. The number of carbonyl (C=O) groups is 1. The number of fused-ring (bicyclic) bond motifs is 1. The van der Waals surface area contributed by atoms with E-state index in [1.807, 2.05) is 42.5 Å². The zero-order valence-corrected chi connectivity index (χ0v) is 19.0. The molecule has 5 rings (SSSR count). The maximum atomic E-state index is 13.5. The minimum absolute atomic E-state index is 0.0671. The van der Waals surface area contributed by atoms with E-state index >= 15 is 0 Å². The molecule has 0 atom stereocenters. The Morgan fingerprint density at radius 2 is 1.62 bits per heavy atom. The Kier molecular flexibility index (Phi) is 5.76. The van der Waals surface area contributed by atoms with E-state index in [9.17, 15) is 4.79 Å². The van der Waals surface area contributed by atoms with Gasteiger partial charge < -0.3 is 5.32 Å². The normalized spacial score (nSPS) is 17.9. The fourth-order valence-corrected chi connectivity index (χ4v) is 4.90. The van der Waals surface area contributed by atoms with Crippen molar-refractivity contribution in [2.45, 2.75) is 24.9 Å². The Bertz CT molecular complexity index is 1180. The van der Waals surface area contributed by atoms with E-state index in [2.05, 4.69) is 34.5 Å². The third-order valence-corrected chi connectivity index (χ3v) is 6.86. The molecule has 0 aromatic heterocycles. The van der Waals surface area contributed by atoms with Crippen LogP contribution in [0.5, 0.6) is 0 Å². The predicted octanol–water partition coefficient (Wildman–Crippen LogP) is 5.82. The Labute approximate surface area is 197 Å². The first-order valence-corrected chi connectivity index (χ1v) is 11.5. The summed E-state index contributed by atoms with van der Waals surface area (Å²) in [6.07, 6.45) is 1.28. The number of nitrogens with one attached hydrogen (secondary N) is 1. The number of likely N-dealkylation sites (tertiary alicyclic amines) is 1. The lowest BCUT2D eigenvalue weighted by Gasteiger charge is -2.37. The second-order valence-electron chi connectivity index (χ2n) is 8.38. The third kappa shape index (κ3) is 4.06. The van der Waals surface area contributed by atoms with Crippen LogP contribution in [-0.4, -0.2) is 35.1 Å². The largest absolute Gasteiger partial charge is 0.323 e. The summed E-state index contributed by atoms with van der Waals surface area (Å²) in [7, 11) is 0. The van der Waals surface area contributed by atoms with Gasteiger partial charge in [-0.15, -0.1) is 0 Å². The van der Waals surface area contributed by atoms with Crippen LogP contribution in [0.15, 0.2) is 77.8 Å². The molecule has 0 unspecified atom stereocenters. The highest BCUT2D eigenvalue weighted by molar-refractivity contribution is 6.37. The number of hydrogen-bond acceptors (Lipinski definition) is 3. The van der Waals surface area contributed by atoms with Crippen LogP contribution in [0.1, 0.15) is 29.5 Å². The van der Waals surface area contributed by atoms with E-state index in [-0.39, 0.29) is 5.91 Å². The number of benzene rings is 3. The van der Waals surface area contributed by atoms with E-state index in [1.54, 1.807) is 6.07 Å². The maximum absolute atomic E-state index is 13.5. The summed E-state index contributed by atoms with van der Waals surface area (Å²) in [5.41, 5.74) is 3.45. The Hall–Kier alpha value is -2.66. The molecule has 4 nitrogen and oxygen atoms in total. The van der Waals surface area contributed by atoms with Gasteiger partial charge in [0, 0.05) is 40.8 Å². The molecule has 1 amide bonds. The van der Waals surface area contributed by atoms with Crippen LogP contribution in [0.3, 0.4) is 0 Å². The van der Waals surface area contributed by atoms with Crippen LogP contribution in [-0.2, 0) is 11.3 Å². The highest BCUT2D eigenvalue weighted by atomic mass is 35.5. The summed E-state index contributed by atoms with van der Waals surface area (Å²) in [6, 6.07) is 23.5. The molecule has 162 valence electrons. The van der Waals surface area contributed by atoms with Gasteiger partial charge in [-0.05, 0) is 42.7 Å². The zero-order valence-electron chi connectivity index (χ0n) is 17.5. The van der Waals surface area contributed by atoms with E-state index in [0.29, 0.717) is 34.3 Å². The molecule has 3 aromatic carbocycles. The molecule has 0 bridgehead atoms. The standard InChI is InChI=1S/C26H23Cl2N3O/c27-19-10-11-23-21(16-19)24(20-8-4-5-9-22(20)28)30-26(25(32)29-23)12-14-31(15-13-26)17-18-6-2-1-3-7-18/h1-11,16H,12-15,17H2,(H,29,32). The lowest BCUT2D eigenvalue weighted by molar-refractivity contribution is -0.122. The van der Waals surface area contributed by atoms with Gasteiger partial charge in [-0.1, -0.05) is 71.7 Å². The minimum Gasteiger partial charge on any atom is -0.323 e. The van der Waals surface area contributed by atoms with Gasteiger partial charge in [0.2, 0.25) is 0 Å². The molecule has 0 aliphatic carbocycles. The fraction of sp³-hybridized carbons (Fsp3) is 0.231. The lowest BCUT2D eigenvalue weighted by Crippen LogP contribution is -2.50. The number of nitrogens with zero attached hydrogens (tertiary/aromatic N) is 2. The average molecular weight is 464 g/mol. The van der Waals surface area contributed by atoms with Crippen molar-refractivity contribution in [2.75, 3.05) is 18.4 Å². The Balaban J connectivity index is 1.52. The summed E-state index contributed by atoms with van der Waals surface area (Å²) < 4.78 is 0. The molecule has 0 saturated carbocycles. The van der Waals surface area contributed by atoms with Crippen molar-refractivity contribution < 1.29 is 4.79 Å². The van der Waals surface area contributed by atoms with E-state index in [4.69, 9.17) is 28.2 Å². The van der Waals surface area contributed by atoms with Gasteiger partial charge in [-0.3, -0.25) is 14.7 Å². The smallest absolute Gasteiger partial charge is 0.252 e. The molecule has 3 aromatic rings. The topological polar surface area (TPSA) is 44.7 Å². The monoisotopic (exact) mass is 463 g/mol. The van der Waals surface area contributed by atoms with Crippen LogP contribution in [0.25, 0.3) is 0 Å². The lowest BCUT2D eigenvalue weighted by atomic mass is 9.86. The molecule has 1 N–H and O–H groups in total. The van der Waals surface area contributed by atoms with Crippen molar-refractivity contribution in [1.29, 1.82) is 0 Å². The number of amides is 1. The predicted molar refractivity (Wildman–Crippen MR) is 131 cm³/mol. The molecular formula is C26H23Cl2N3O. The van der Waals surface area contributed by atoms with Crippen LogP contribution in [0.4, 0.5) is 5.69 Å². The molecular weight excluding hydrogens is 441 g/mol. The second-order valence-corrected chi connectivity index (χ2v) is 9.22. The third-order valence-electron chi connectivity index (χ3n) is 6.29. The summed E-state index contributed by atoms with van der Waals surface area (Å²) in [6.45, 7) is 2.45. The zero-order chi connectivity index (χ0) is 22.1. The highest BCUT2D eigenvalue weighted by Crippen LogP contribution is 2.37. The van der Waals surface area contributed by atoms with Gasteiger partial charge in [-0.2, -0.15) is 0 Å². The van der Waals surface area contributed by atoms with Crippen molar-refractivity contribution >= 4 is 40.5 Å². The van der Waals surface area contributed by atoms with Crippen molar-refractivity contribution in [2.24, 2.45) is 4.99 Å². The minimum atomic E-state index is -0.840. The second kappa shape index (κ2) is 8.70. The Morgan fingerprint density at radius 3 is 2.38 bits per heavy atom. The fourth-order valence-electron chi connectivity index (χ4n) is 4.51. The molecule has 6 heteroatoms. The molecule has 2 aliphatic heterocycles. The average Bonchev–Trinajstić information content (AvgIpc) is 2.91. The summed E-state index contributed by atoms with van der Waals surface area (Å²) in [5.74, 6) is -0.0671. The molecule has 0 radical (unpaired) electrons. The number of anilines is 1. The molecule has 1 fully saturated rings. The van der Waals surface area contributed by atoms with Gasteiger partial charge in [0.1, 0.15) is 5.54 Å². The number of aliphatic imine (C=N–C) groups is 1. The van der Waals surface area contributed by atoms with E-state index in [1.165, 1.54) is 5.56 Å². The summed E-state index contributed by atoms with van der Waals surface area (Å²) >= 11 is 12.9. The van der Waals surface area contributed by atoms with Gasteiger partial charge in [0.25, 0.3) is 5.91 Å². The van der Waals surface area contributed by atoms with Crippen LogP contribution in [0, 0.1) is 0 Å². The van der Waals surface area contributed by atoms with Gasteiger partial charge in [0.15, 0.2) is 0 Å². The number of carbonyl (C=O) groups excluding carboxylic acids is 1. The molecule has 1 spiro atoms. The summed E-state index contributed by atoms with van der Waals surface area (Å²) in [5, 5.41) is 4.31. The first-order valence-electron chi connectivity index (χ1n) is 10.8. The highest BCUT2D eigenvalue weighted by Gasteiger charge is 2.43. The molecule has 32 heavy (non-hydrogen) atoms. The van der Waals surface area contributed by atoms with Crippen molar-refractivity contribution in [3.63, 3.8) is 0 Å².